The number of para-hydroxylation sites is 2. The van der Waals surface area contributed by atoms with Crippen molar-refractivity contribution in [3.8, 4) is 11.4 Å². The van der Waals surface area contributed by atoms with Gasteiger partial charge in [0.1, 0.15) is 0 Å². The summed E-state index contributed by atoms with van der Waals surface area (Å²) in [5.74, 6) is 6.68. The van der Waals surface area contributed by atoms with E-state index >= 15 is 0 Å². The van der Waals surface area contributed by atoms with Gasteiger partial charge >= 0.3 is 0 Å². The summed E-state index contributed by atoms with van der Waals surface area (Å²) < 4.78 is 1.41. The van der Waals surface area contributed by atoms with Crippen LogP contribution in [0.2, 0.25) is 0 Å². The van der Waals surface area contributed by atoms with Gasteiger partial charge < -0.3 is 16.1 Å². The zero-order chi connectivity index (χ0) is 23.8. The number of thioether (sulfide) groups is 1. The van der Waals surface area contributed by atoms with Crippen LogP contribution in [-0.4, -0.2) is 38.5 Å². The Balaban J connectivity index is 1.51. The largest absolute Gasteiger partial charge is 0.335 e. The fourth-order valence-corrected chi connectivity index (χ4v) is 4.57. The van der Waals surface area contributed by atoms with Crippen LogP contribution in [0.1, 0.15) is 39.7 Å². The molecule has 0 aliphatic carbocycles. The van der Waals surface area contributed by atoms with Crippen LogP contribution in [0.5, 0.6) is 0 Å². The minimum absolute atomic E-state index is 0.0551. The Morgan fingerprint density at radius 3 is 2.55 bits per heavy atom. The Morgan fingerprint density at radius 1 is 1.15 bits per heavy atom. The maximum Gasteiger partial charge on any atom is 0.237 e. The Labute approximate surface area is 197 Å². The number of carbonyl (C=O) groups excluding carboxylic acids is 2. The van der Waals surface area contributed by atoms with Gasteiger partial charge in [0.05, 0.1) is 17.1 Å². The number of nitrogen functional groups attached to an aromatic ring is 1. The predicted octanol–water partition coefficient (Wildman–Crippen LogP) is 3.81. The number of nitrogens with zero attached hydrogens (tertiary/aromatic N) is 4. The zero-order valence-electron chi connectivity index (χ0n) is 19.2. The molecule has 1 unspecified atom stereocenters. The van der Waals surface area contributed by atoms with Crippen molar-refractivity contribution in [3.63, 3.8) is 0 Å². The molecule has 0 fully saturated rings. The maximum atomic E-state index is 13.2. The zero-order valence-corrected chi connectivity index (χ0v) is 20.0. The van der Waals surface area contributed by atoms with Crippen molar-refractivity contribution in [2.45, 2.75) is 50.7 Å². The van der Waals surface area contributed by atoms with Gasteiger partial charge in [-0.15, -0.1) is 10.2 Å². The van der Waals surface area contributed by atoms with Crippen LogP contribution in [0.15, 0.2) is 53.7 Å². The molecule has 0 saturated carbocycles. The summed E-state index contributed by atoms with van der Waals surface area (Å²) in [6, 6.07) is 15.1. The first-order valence-electron chi connectivity index (χ1n) is 10.8. The fourth-order valence-electron chi connectivity index (χ4n) is 3.86. The Kier molecular flexibility index (Phi) is 6.16. The van der Waals surface area contributed by atoms with Crippen molar-refractivity contribution in [1.82, 2.24) is 14.9 Å². The van der Waals surface area contributed by atoms with Crippen LogP contribution >= 0.6 is 11.8 Å². The van der Waals surface area contributed by atoms with E-state index < -0.39 is 0 Å². The lowest BCUT2D eigenvalue weighted by Gasteiger charge is -2.27. The molecule has 1 aliphatic rings. The molecule has 33 heavy (non-hydrogen) atoms. The van der Waals surface area contributed by atoms with E-state index in [4.69, 9.17) is 5.84 Å². The number of hydrogen-bond acceptors (Lipinski definition) is 6. The first kappa shape index (κ1) is 22.8. The lowest BCUT2D eigenvalue weighted by atomic mass is 9.87. The van der Waals surface area contributed by atoms with E-state index in [1.807, 2.05) is 37.3 Å². The third kappa shape index (κ3) is 4.73. The molecule has 0 bridgehead atoms. The van der Waals surface area contributed by atoms with Gasteiger partial charge in [0.15, 0.2) is 5.82 Å². The lowest BCUT2D eigenvalue weighted by molar-refractivity contribution is -0.117. The summed E-state index contributed by atoms with van der Waals surface area (Å²) in [7, 11) is 0. The van der Waals surface area contributed by atoms with Gasteiger partial charge in [-0.3, -0.25) is 9.59 Å². The molecule has 2 heterocycles. The highest BCUT2D eigenvalue weighted by atomic mass is 32.2. The van der Waals surface area contributed by atoms with Crippen LogP contribution in [0.3, 0.4) is 0 Å². The highest BCUT2D eigenvalue weighted by Crippen LogP contribution is 2.32. The number of anilines is 2. The van der Waals surface area contributed by atoms with Crippen molar-refractivity contribution in [2.75, 3.05) is 21.8 Å². The van der Waals surface area contributed by atoms with Gasteiger partial charge in [0, 0.05) is 18.0 Å². The van der Waals surface area contributed by atoms with E-state index in [9.17, 15) is 9.59 Å². The van der Waals surface area contributed by atoms with Crippen LogP contribution in [0.4, 0.5) is 11.4 Å². The van der Waals surface area contributed by atoms with Crippen LogP contribution in [-0.2, 0) is 15.0 Å². The second-order valence-corrected chi connectivity index (χ2v) is 10.1. The first-order valence-corrected chi connectivity index (χ1v) is 11.8. The second kappa shape index (κ2) is 8.90. The van der Waals surface area contributed by atoms with E-state index in [0.29, 0.717) is 22.4 Å². The average Bonchev–Trinajstić information content (AvgIpc) is 3.06. The minimum atomic E-state index is -0.269. The van der Waals surface area contributed by atoms with Crippen molar-refractivity contribution in [3.05, 3.63) is 54.1 Å². The summed E-state index contributed by atoms with van der Waals surface area (Å²) >= 11 is 1.22. The summed E-state index contributed by atoms with van der Waals surface area (Å²) in [6.45, 7) is 8.35. The smallest absolute Gasteiger partial charge is 0.237 e. The monoisotopic (exact) mass is 464 g/mol. The summed E-state index contributed by atoms with van der Waals surface area (Å²) in [5, 5.41) is 11.7. The van der Waals surface area contributed by atoms with E-state index in [0.717, 1.165) is 5.56 Å². The molecule has 172 valence electrons. The molecule has 1 aliphatic heterocycles. The third-order valence-corrected chi connectivity index (χ3v) is 6.55. The van der Waals surface area contributed by atoms with E-state index in [1.54, 1.807) is 11.0 Å². The molecule has 0 spiro atoms. The molecule has 8 nitrogen and oxygen atoms in total. The van der Waals surface area contributed by atoms with Crippen molar-refractivity contribution < 1.29 is 9.59 Å². The van der Waals surface area contributed by atoms with Crippen LogP contribution < -0.4 is 16.1 Å². The van der Waals surface area contributed by atoms with Gasteiger partial charge in [-0.1, -0.05) is 68.9 Å². The number of nitrogens with two attached hydrogens (primary N) is 1. The standard InChI is InChI=1S/C24H28N6O2S/c1-15-13-20(31)26-18-7-5-6-8-19(18)29(15)21(32)14-33-23-28-27-22(30(23)25)16-9-11-17(12-10-16)24(2,3)4/h5-12,15H,13-14,25H2,1-4H3,(H,26,31). The molecule has 3 N–H and O–H groups in total. The Morgan fingerprint density at radius 2 is 1.85 bits per heavy atom. The van der Waals surface area contributed by atoms with Crippen molar-refractivity contribution >= 4 is 35.0 Å². The minimum Gasteiger partial charge on any atom is -0.335 e. The molecule has 4 rings (SSSR count). The fraction of sp³-hybridized carbons (Fsp3) is 0.333. The first-order chi connectivity index (χ1) is 15.6. The van der Waals surface area contributed by atoms with E-state index in [1.165, 1.54) is 22.0 Å². The van der Waals surface area contributed by atoms with Gasteiger partial charge in [0.2, 0.25) is 17.0 Å². The molecule has 2 amide bonds. The normalized spacial score (nSPS) is 16.2. The van der Waals surface area contributed by atoms with Crippen LogP contribution in [0.25, 0.3) is 11.4 Å². The molecule has 0 radical (unpaired) electrons. The molecular weight excluding hydrogens is 436 g/mol. The number of nitrogens with one attached hydrogen (secondary N) is 1. The molecule has 0 saturated heterocycles. The molecular formula is C24H28N6O2S. The number of fused-ring (bicyclic) bond motifs is 1. The number of amides is 2. The van der Waals surface area contributed by atoms with Gasteiger partial charge in [-0.2, -0.15) is 0 Å². The average molecular weight is 465 g/mol. The second-order valence-electron chi connectivity index (χ2n) is 9.17. The number of benzene rings is 2. The number of aromatic nitrogens is 3. The van der Waals surface area contributed by atoms with Gasteiger partial charge in [-0.25, -0.2) is 4.68 Å². The van der Waals surface area contributed by atoms with Gasteiger partial charge in [0.25, 0.3) is 0 Å². The van der Waals surface area contributed by atoms with Crippen LogP contribution in [0, 0.1) is 0 Å². The Bertz CT molecular complexity index is 1180. The lowest BCUT2D eigenvalue weighted by Crippen LogP contribution is -2.40. The maximum absolute atomic E-state index is 13.2. The third-order valence-electron chi connectivity index (χ3n) is 5.63. The molecule has 1 aromatic heterocycles. The topological polar surface area (TPSA) is 106 Å². The van der Waals surface area contributed by atoms with Gasteiger partial charge in [-0.05, 0) is 30.0 Å². The SMILES string of the molecule is CC1CC(=O)Nc2ccccc2N1C(=O)CSc1nnc(-c2ccc(C(C)(C)C)cc2)n1N. The highest BCUT2D eigenvalue weighted by Gasteiger charge is 2.30. The van der Waals surface area contributed by atoms with E-state index in [2.05, 4.69) is 48.4 Å². The van der Waals surface area contributed by atoms with E-state index in [-0.39, 0.29) is 35.4 Å². The van der Waals surface area contributed by atoms with Crippen molar-refractivity contribution in [2.24, 2.45) is 0 Å². The number of carbonyl (C=O) groups is 2. The summed E-state index contributed by atoms with van der Waals surface area (Å²) in [5.41, 5.74) is 3.45. The number of rotatable bonds is 4. The number of hydrogen-bond donors (Lipinski definition) is 2. The summed E-state index contributed by atoms with van der Waals surface area (Å²) in [4.78, 5) is 27.0. The molecule has 1 atom stereocenters. The Hall–Kier alpha value is -3.33. The molecule has 2 aromatic carbocycles. The molecule has 3 aromatic rings. The van der Waals surface area contributed by atoms with Crippen molar-refractivity contribution in [1.29, 1.82) is 0 Å². The summed E-state index contributed by atoms with van der Waals surface area (Å²) in [6.07, 6.45) is 0.229. The molecule has 9 heteroatoms. The highest BCUT2D eigenvalue weighted by molar-refractivity contribution is 7.99. The predicted molar refractivity (Wildman–Crippen MR) is 132 cm³/mol. The quantitative estimate of drug-likeness (QED) is 0.449.